The number of fused-ring (bicyclic) bond motifs is 2. The molecule has 0 aromatic heterocycles. The predicted octanol–water partition coefficient (Wildman–Crippen LogP) is 2.19. The van der Waals surface area contributed by atoms with Crippen molar-refractivity contribution in [2.24, 2.45) is 5.73 Å². The Bertz CT molecular complexity index is 613. The van der Waals surface area contributed by atoms with Gasteiger partial charge < -0.3 is 24.7 Å². The van der Waals surface area contributed by atoms with Crippen LogP contribution in [0.1, 0.15) is 17.2 Å². The molecule has 2 aliphatic rings. The van der Waals surface area contributed by atoms with Crippen LogP contribution in [0.2, 0.25) is 0 Å². The van der Waals surface area contributed by atoms with Crippen molar-refractivity contribution in [2.75, 3.05) is 13.6 Å². The Balaban J connectivity index is 1.68. The van der Waals surface area contributed by atoms with Crippen LogP contribution in [-0.2, 0) is 0 Å². The maximum absolute atomic E-state index is 6.31. The van der Waals surface area contributed by atoms with Gasteiger partial charge in [-0.25, -0.2) is 0 Å². The number of benzene rings is 2. The third kappa shape index (κ3) is 1.75. The molecule has 2 heterocycles. The predicted molar refractivity (Wildman–Crippen MR) is 71.2 cm³/mol. The van der Waals surface area contributed by atoms with Crippen molar-refractivity contribution in [2.45, 2.75) is 6.04 Å². The van der Waals surface area contributed by atoms with E-state index in [0.717, 1.165) is 34.1 Å². The standard InChI is InChI=1S/C15H13NO4/c16-15(9-1-3-11-13(5-9)19-7-17-11)10-2-4-12-14(6-10)20-8-18-12/h1-6,15H,7-8,16H2. The third-order valence-electron chi connectivity index (χ3n) is 3.51. The van der Waals surface area contributed by atoms with Crippen molar-refractivity contribution in [1.29, 1.82) is 0 Å². The van der Waals surface area contributed by atoms with E-state index in [1.54, 1.807) is 0 Å². The molecule has 20 heavy (non-hydrogen) atoms. The second-order valence-electron chi connectivity index (χ2n) is 4.70. The Morgan fingerprint density at radius 3 is 1.65 bits per heavy atom. The quantitative estimate of drug-likeness (QED) is 0.907. The Morgan fingerprint density at radius 2 is 1.15 bits per heavy atom. The number of rotatable bonds is 2. The molecule has 2 N–H and O–H groups in total. The summed E-state index contributed by atoms with van der Waals surface area (Å²) >= 11 is 0. The monoisotopic (exact) mass is 271 g/mol. The molecule has 0 unspecified atom stereocenters. The van der Waals surface area contributed by atoms with Crippen LogP contribution in [0.3, 0.4) is 0 Å². The molecule has 5 nitrogen and oxygen atoms in total. The Morgan fingerprint density at radius 1 is 0.700 bits per heavy atom. The molecule has 0 atom stereocenters. The van der Waals surface area contributed by atoms with Crippen LogP contribution >= 0.6 is 0 Å². The van der Waals surface area contributed by atoms with Crippen LogP contribution in [0.15, 0.2) is 36.4 Å². The van der Waals surface area contributed by atoms with Crippen LogP contribution in [0.25, 0.3) is 0 Å². The summed E-state index contributed by atoms with van der Waals surface area (Å²) in [5.74, 6) is 2.98. The average molecular weight is 271 g/mol. The summed E-state index contributed by atoms with van der Waals surface area (Å²) in [5.41, 5.74) is 8.24. The van der Waals surface area contributed by atoms with Gasteiger partial charge in [0.2, 0.25) is 13.6 Å². The molecule has 0 bridgehead atoms. The lowest BCUT2D eigenvalue weighted by Gasteiger charge is -2.13. The summed E-state index contributed by atoms with van der Waals surface area (Å²) in [7, 11) is 0. The number of hydrogen-bond donors (Lipinski definition) is 1. The highest BCUT2D eigenvalue weighted by molar-refractivity contribution is 5.50. The normalized spacial score (nSPS) is 14.9. The average Bonchev–Trinajstić information content (AvgIpc) is 3.13. The highest BCUT2D eigenvalue weighted by atomic mass is 16.7. The lowest BCUT2D eigenvalue weighted by atomic mass is 9.99. The maximum atomic E-state index is 6.31. The van der Waals surface area contributed by atoms with Gasteiger partial charge in [0.15, 0.2) is 23.0 Å². The van der Waals surface area contributed by atoms with Crippen LogP contribution in [0, 0.1) is 0 Å². The topological polar surface area (TPSA) is 62.9 Å². The van der Waals surface area contributed by atoms with Gasteiger partial charge in [-0.05, 0) is 35.4 Å². The highest BCUT2D eigenvalue weighted by Crippen LogP contribution is 2.37. The SMILES string of the molecule is NC(c1ccc2c(c1)OCO2)c1ccc2c(c1)OCO2. The van der Waals surface area contributed by atoms with Crippen LogP contribution in [0.4, 0.5) is 0 Å². The fourth-order valence-corrected chi connectivity index (χ4v) is 2.41. The number of hydrogen-bond acceptors (Lipinski definition) is 5. The molecule has 0 saturated heterocycles. The molecule has 2 aliphatic heterocycles. The van der Waals surface area contributed by atoms with Crippen molar-refractivity contribution < 1.29 is 18.9 Å². The molecule has 0 spiro atoms. The molecule has 2 aromatic rings. The maximum Gasteiger partial charge on any atom is 0.231 e. The van der Waals surface area contributed by atoms with Gasteiger partial charge in [0.25, 0.3) is 0 Å². The minimum atomic E-state index is -0.251. The Hall–Kier alpha value is -2.40. The zero-order valence-corrected chi connectivity index (χ0v) is 10.7. The van der Waals surface area contributed by atoms with Gasteiger partial charge in [-0.2, -0.15) is 0 Å². The summed E-state index contributed by atoms with van der Waals surface area (Å²) in [6.45, 7) is 0.524. The van der Waals surface area contributed by atoms with Crippen molar-refractivity contribution in [1.82, 2.24) is 0 Å². The second-order valence-corrected chi connectivity index (χ2v) is 4.70. The minimum absolute atomic E-state index is 0.251. The van der Waals surface area contributed by atoms with E-state index < -0.39 is 0 Å². The third-order valence-corrected chi connectivity index (χ3v) is 3.51. The van der Waals surface area contributed by atoms with E-state index >= 15 is 0 Å². The smallest absolute Gasteiger partial charge is 0.231 e. The van der Waals surface area contributed by atoms with Gasteiger partial charge >= 0.3 is 0 Å². The van der Waals surface area contributed by atoms with Gasteiger partial charge in [-0.15, -0.1) is 0 Å². The van der Waals surface area contributed by atoms with Crippen LogP contribution in [0.5, 0.6) is 23.0 Å². The van der Waals surface area contributed by atoms with Gasteiger partial charge in [0.1, 0.15) is 0 Å². The van der Waals surface area contributed by atoms with Crippen LogP contribution in [-0.4, -0.2) is 13.6 Å². The van der Waals surface area contributed by atoms with Crippen molar-refractivity contribution in [3.8, 4) is 23.0 Å². The van der Waals surface area contributed by atoms with Crippen molar-refractivity contribution in [3.05, 3.63) is 47.5 Å². The molecular weight excluding hydrogens is 258 g/mol. The molecule has 5 heteroatoms. The molecule has 2 aromatic carbocycles. The summed E-state index contributed by atoms with van der Waals surface area (Å²) in [6, 6.07) is 11.2. The summed E-state index contributed by atoms with van der Waals surface area (Å²) in [4.78, 5) is 0. The van der Waals surface area contributed by atoms with Gasteiger partial charge in [0.05, 0.1) is 6.04 Å². The zero-order valence-electron chi connectivity index (χ0n) is 10.7. The van der Waals surface area contributed by atoms with Crippen LogP contribution < -0.4 is 24.7 Å². The molecule has 0 radical (unpaired) electrons. The largest absolute Gasteiger partial charge is 0.454 e. The fourth-order valence-electron chi connectivity index (χ4n) is 2.41. The Labute approximate surface area is 115 Å². The molecule has 0 aliphatic carbocycles. The molecule has 0 amide bonds. The lowest BCUT2D eigenvalue weighted by molar-refractivity contribution is 0.173. The fraction of sp³-hybridized carbons (Fsp3) is 0.200. The first-order valence-corrected chi connectivity index (χ1v) is 6.36. The number of ether oxygens (including phenoxy) is 4. The van der Waals surface area contributed by atoms with Gasteiger partial charge in [-0.1, -0.05) is 12.1 Å². The molecule has 0 saturated carbocycles. The van der Waals surface area contributed by atoms with E-state index in [0.29, 0.717) is 0 Å². The summed E-state index contributed by atoms with van der Waals surface area (Å²) in [6.07, 6.45) is 0. The Kier molecular flexibility index (Phi) is 2.47. The summed E-state index contributed by atoms with van der Waals surface area (Å²) in [5, 5.41) is 0. The molecular formula is C15H13NO4. The van der Waals surface area contributed by atoms with E-state index in [1.165, 1.54) is 0 Å². The van der Waals surface area contributed by atoms with Gasteiger partial charge in [-0.3, -0.25) is 0 Å². The summed E-state index contributed by atoms with van der Waals surface area (Å²) < 4.78 is 21.4. The molecule has 0 fully saturated rings. The van der Waals surface area contributed by atoms with Gasteiger partial charge in [0, 0.05) is 0 Å². The van der Waals surface area contributed by atoms with E-state index in [9.17, 15) is 0 Å². The first-order chi connectivity index (χ1) is 9.81. The molecule has 4 rings (SSSR count). The zero-order chi connectivity index (χ0) is 13.5. The first-order valence-electron chi connectivity index (χ1n) is 6.36. The second kappa shape index (κ2) is 4.31. The number of nitrogens with two attached hydrogens (primary N) is 1. The van der Waals surface area contributed by atoms with E-state index in [2.05, 4.69) is 0 Å². The van der Waals surface area contributed by atoms with Crippen molar-refractivity contribution >= 4 is 0 Å². The van der Waals surface area contributed by atoms with E-state index in [-0.39, 0.29) is 19.6 Å². The first kappa shape index (κ1) is 11.4. The van der Waals surface area contributed by atoms with E-state index in [4.69, 9.17) is 24.7 Å². The van der Waals surface area contributed by atoms with Crippen molar-refractivity contribution in [3.63, 3.8) is 0 Å². The lowest BCUT2D eigenvalue weighted by Crippen LogP contribution is -2.11. The highest BCUT2D eigenvalue weighted by Gasteiger charge is 2.19. The minimum Gasteiger partial charge on any atom is -0.454 e. The molecule has 102 valence electrons. The van der Waals surface area contributed by atoms with E-state index in [1.807, 2.05) is 36.4 Å².